The van der Waals surface area contributed by atoms with E-state index < -0.39 is 11.3 Å². The lowest BCUT2D eigenvalue weighted by Crippen LogP contribution is -2.24. The van der Waals surface area contributed by atoms with E-state index in [-0.39, 0.29) is 6.10 Å². The molecule has 1 aliphatic carbocycles. The van der Waals surface area contributed by atoms with Crippen molar-refractivity contribution >= 4 is 11.3 Å². The Hall–Kier alpha value is -1.05. The molecular weight excluding hydrogens is 290 g/mol. The smallest absolute Gasteiger partial charge is 0.231 e. The Morgan fingerprint density at radius 1 is 1.43 bits per heavy atom. The van der Waals surface area contributed by atoms with Crippen molar-refractivity contribution in [3.05, 3.63) is 18.6 Å². The molecule has 0 bridgehead atoms. The van der Waals surface area contributed by atoms with Crippen molar-refractivity contribution in [3.63, 3.8) is 0 Å². The number of aromatic nitrogens is 2. The third kappa shape index (κ3) is 8.08. The summed E-state index contributed by atoms with van der Waals surface area (Å²) in [5, 5.41) is 0. The summed E-state index contributed by atoms with van der Waals surface area (Å²) in [7, 11) is 0. The van der Waals surface area contributed by atoms with Gasteiger partial charge in [-0.25, -0.2) is 18.9 Å². The normalized spacial score (nSPS) is 22.2. The molecule has 1 aromatic rings. The molecule has 1 aromatic heterocycles. The molecule has 6 nitrogen and oxygen atoms in total. The number of rotatable bonds is 6. The van der Waals surface area contributed by atoms with Crippen molar-refractivity contribution in [3.8, 4) is 5.88 Å². The van der Waals surface area contributed by atoms with Crippen LogP contribution >= 0.6 is 0 Å². The van der Waals surface area contributed by atoms with E-state index in [4.69, 9.17) is 9.29 Å². The quantitative estimate of drug-likeness (QED) is 0.788. The molecule has 120 valence electrons. The minimum Gasteiger partial charge on any atom is -0.474 e. The number of hydrogen-bond acceptors (Lipinski definition) is 4. The summed E-state index contributed by atoms with van der Waals surface area (Å²) in [4.78, 5) is 7.82. The monoisotopic (exact) mass is 315 g/mol. The molecule has 0 spiro atoms. The fraction of sp³-hybridized carbons (Fsp3) is 0.714. The fourth-order valence-electron chi connectivity index (χ4n) is 2.03. The largest absolute Gasteiger partial charge is 0.474 e. The first-order valence-electron chi connectivity index (χ1n) is 7.42. The van der Waals surface area contributed by atoms with Gasteiger partial charge in [0.1, 0.15) is 12.4 Å². The van der Waals surface area contributed by atoms with E-state index in [1.54, 1.807) is 12.3 Å². The lowest BCUT2D eigenvalue weighted by atomic mass is 10.1. The molecule has 3 unspecified atom stereocenters. The molecule has 3 atom stereocenters. The zero-order valence-electron chi connectivity index (χ0n) is 12.7. The lowest BCUT2D eigenvalue weighted by Gasteiger charge is -2.12. The highest BCUT2D eigenvalue weighted by Gasteiger charge is 2.26. The van der Waals surface area contributed by atoms with Gasteiger partial charge >= 0.3 is 0 Å². The van der Waals surface area contributed by atoms with Crippen LogP contribution in [0.2, 0.25) is 0 Å². The molecule has 7 heteroatoms. The van der Waals surface area contributed by atoms with Crippen molar-refractivity contribution < 1.29 is 13.5 Å². The van der Waals surface area contributed by atoms with Crippen LogP contribution in [-0.4, -0.2) is 31.4 Å². The molecule has 1 saturated carbocycles. The predicted octanol–water partition coefficient (Wildman–Crippen LogP) is 2.56. The van der Waals surface area contributed by atoms with Gasteiger partial charge in [0.05, 0.1) is 0 Å². The summed E-state index contributed by atoms with van der Waals surface area (Å²) in [6.07, 6.45) is 8.72. The van der Waals surface area contributed by atoms with Gasteiger partial charge in [-0.2, -0.15) is 0 Å². The van der Waals surface area contributed by atoms with Gasteiger partial charge in [-0.15, -0.1) is 0 Å². The molecule has 0 amide bonds. The van der Waals surface area contributed by atoms with Crippen LogP contribution < -0.4 is 9.46 Å². The molecule has 0 radical (unpaired) electrons. The van der Waals surface area contributed by atoms with Gasteiger partial charge in [-0.1, -0.05) is 26.7 Å². The van der Waals surface area contributed by atoms with Crippen molar-refractivity contribution in [1.82, 2.24) is 14.7 Å². The Morgan fingerprint density at radius 2 is 2.19 bits per heavy atom. The summed E-state index contributed by atoms with van der Waals surface area (Å²) in [5.74, 6) is 0.974. The van der Waals surface area contributed by atoms with Gasteiger partial charge < -0.3 is 4.74 Å². The topological polar surface area (TPSA) is 84.3 Å². The molecule has 1 aliphatic rings. The van der Waals surface area contributed by atoms with Crippen LogP contribution in [0.25, 0.3) is 0 Å². The molecule has 2 rings (SSSR count). The fourth-order valence-corrected chi connectivity index (χ4v) is 2.41. The molecule has 2 N–H and O–H groups in total. The van der Waals surface area contributed by atoms with E-state index in [1.807, 2.05) is 0 Å². The Labute approximate surface area is 129 Å². The highest BCUT2D eigenvalue weighted by Crippen LogP contribution is 2.27. The first-order chi connectivity index (χ1) is 10.2. The lowest BCUT2D eigenvalue weighted by molar-refractivity contribution is 0.195. The second kappa shape index (κ2) is 10.6. The van der Waals surface area contributed by atoms with Crippen LogP contribution in [0.1, 0.15) is 46.0 Å². The Bertz CT molecular complexity index is 404. The van der Waals surface area contributed by atoms with Crippen molar-refractivity contribution in [2.24, 2.45) is 5.92 Å². The second-order valence-electron chi connectivity index (χ2n) is 5.06. The second-order valence-corrected chi connectivity index (χ2v) is 5.85. The number of hydrogen-bond donors (Lipinski definition) is 2. The average molecular weight is 315 g/mol. The van der Waals surface area contributed by atoms with E-state index in [0.717, 1.165) is 19.3 Å². The van der Waals surface area contributed by atoms with Crippen LogP contribution in [0, 0.1) is 5.92 Å². The SMILES string of the molecule is CCCC.O=S(O)NCC1CCC(Oc2ccncn2)C1. The van der Waals surface area contributed by atoms with E-state index in [0.29, 0.717) is 18.3 Å². The van der Waals surface area contributed by atoms with E-state index in [9.17, 15) is 4.21 Å². The number of nitrogens with one attached hydrogen (secondary N) is 1. The van der Waals surface area contributed by atoms with Crippen LogP contribution in [-0.2, 0) is 11.3 Å². The first kappa shape index (κ1) is 18.0. The van der Waals surface area contributed by atoms with Gasteiger partial charge in [0.25, 0.3) is 0 Å². The maximum Gasteiger partial charge on any atom is 0.231 e. The molecule has 1 fully saturated rings. The first-order valence-corrected chi connectivity index (χ1v) is 8.53. The zero-order valence-corrected chi connectivity index (χ0v) is 13.5. The summed E-state index contributed by atoms with van der Waals surface area (Å²) < 4.78 is 27.3. The maximum atomic E-state index is 10.5. The summed E-state index contributed by atoms with van der Waals surface area (Å²) in [6.45, 7) is 4.91. The summed E-state index contributed by atoms with van der Waals surface area (Å²) in [6, 6.07) is 1.73. The highest BCUT2D eigenvalue weighted by molar-refractivity contribution is 7.77. The third-order valence-electron chi connectivity index (χ3n) is 3.33. The van der Waals surface area contributed by atoms with Gasteiger partial charge in [-0.3, -0.25) is 4.55 Å². The highest BCUT2D eigenvalue weighted by atomic mass is 32.2. The van der Waals surface area contributed by atoms with Gasteiger partial charge in [0.2, 0.25) is 17.1 Å². The molecular formula is C14H25N3O3S. The molecule has 0 aliphatic heterocycles. The maximum absolute atomic E-state index is 10.5. The standard InChI is InChI=1S/C10H15N3O3S.C4H10/c14-17(15)13-6-8-1-2-9(5-8)16-10-3-4-11-7-12-10;1-3-4-2/h3-4,7-9,13H,1-2,5-6H2,(H,14,15);3-4H2,1-2H3. The van der Waals surface area contributed by atoms with Crippen molar-refractivity contribution in [2.45, 2.75) is 52.1 Å². The number of unbranched alkanes of at least 4 members (excludes halogenated alkanes) is 1. The van der Waals surface area contributed by atoms with E-state index in [1.165, 1.54) is 19.2 Å². The Kier molecular flexibility index (Phi) is 9.12. The average Bonchev–Trinajstić information content (AvgIpc) is 2.94. The van der Waals surface area contributed by atoms with Gasteiger partial charge in [-0.05, 0) is 25.2 Å². The van der Waals surface area contributed by atoms with Crippen LogP contribution in [0.15, 0.2) is 18.6 Å². The minimum absolute atomic E-state index is 0.142. The predicted molar refractivity (Wildman–Crippen MR) is 83.1 cm³/mol. The molecule has 0 aromatic carbocycles. The molecule has 0 saturated heterocycles. The minimum atomic E-state index is -1.92. The van der Waals surface area contributed by atoms with E-state index in [2.05, 4.69) is 28.5 Å². The zero-order chi connectivity index (χ0) is 15.5. The number of nitrogens with zero attached hydrogens (tertiary/aromatic N) is 2. The summed E-state index contributed by atoms with van der Waals surface area (Å²) in [5.41, 5.74) is 0. The van der Waals surface area contributed by atoms with Gasteiger partial charge in [0, 0.05) is 18.8 Å². The van der Waals surface area contributed by atoms with Crippen molar-refractivity contribution in [2.75, 3.05) is 6.54 Å². The van der Waals surface area contributed by atoms with E-state index >= 15 is 0 Å². The molecule has 21 heavy (non-hydrogen) atoms. The molecule has 1 heterocycles. The van der Waals surface area contributed by atoms with Crippen LogP contribution in [0.4, 0.5) is 0 Å². The van der Waals surface area contributed by atoms with Crippen LogP contribution in [0.5, 0.6) is 5.88 Å². The van der Waals surface area contributed by atoms with Gasteiger partial charge in [0.15, 0.2) is 0 Å². The number of ether oxygens (including phenoxy) is 1. The Balaban J connectivity index is 0.000000491. The van der Waals surface area contributed by atoms with Crippen molar-refractivity contribution in [1.29, 1.82) is 0 Å². The Morgan fingerprint density at radius 3 is 2.76 bits per heavy atom. The summed E-state index contributed by atoms with van der Waals surface area (Å²) >= 11 is -1.92. The third-order valence-corrected chi connectivity index (χ3v) is 3.74. The van der Waals surface area contributed by atoms with Crippen LogP contribution in [0.3, 0.4) is 0 Å².